The molecule has 4 rings (SSSR count). The van der Waals surface area contributed by atoms with E-state index >= 15 is 0 Å². The monoisotopic (exact) mass is 577 g/mol. The van der Waals surface area contributed by atoms with Gasteiger partial charge in [0.25, 0.3) is 0 Å². The molecule has 0 fully saturated rings. The van der Waals surface area contributed by atoms with Gasteiger partial charge in [-0.05, 0) is 59.5 Å². The van der Waals surface area contributed by atoms with E-state index in [9.17, 15) is 19.6 Å². The fourth-order valence-electron chi connectivity index (χ4n) is 3.98. The molecular weight excluding hydrogens is 560 g/mol. The van der Waals surface area contributed by atoms with Crippen molar-refractivity contribution < 1.29 is 14.7 Å². The average Bonchev–Trinajstić information content (AvgIpc) is 3.36. The number of halogens is 4. The minimum Gasteiger partial charge on any atom is -0.507 e. The second-order valence-electron chi connectivity index (χ2n) is 8.14. The van der Waals surface area contributed by atoms with Crippen molar-refractivity contribution in [3.05, 3.63) is 101 Å². The highest BCUT2D eigenvalue weighted by atomic mass is 35.5. The van der Waals surface area contributed by atoms with E-state index in [1.165, 1.54) is 34.9 Å². The van der Waals surface area contributed by atoms with Gasteiger partial charge in [0.05, 0.1) is 27.5 Å². The largest absolute Gasteiger partial charge is 0.507 e. The summed E-state index contributed by atoms with van der Waals surface area (Å²) in [6.07, 6.45) is 1.30. The van der Waals surface area contributed by atoms with Crippen LogP contribution in [0.5, 0.6) is 5.75 Å². The molecule has 0 aliphatic rings. The number of nitroso groups, excluding NO2 is 1. The molecule has 0 saturated heterocycles. The van der Waals surface area contributed by atoms with Crippen molar-refractivity contribution in [1.29, 1.82) is 0 Å². The van der Waals surface area contributed by atoms with Crippen molar-refractivity contribution in [1.82, 2.24) is 9.55 Å². The van der Waals surface area contributed by atoms with E-state index in [1.807, 2.05) is 13.8 Å². The Bertz CT molecular complexity index is 1570. The summed E-state index contributed by atoms with van der Waals surface area (Å²) in [5.74, 6) is -1.51. The second kappa shape index (κ2) is 10.7. The Labute approximate surface area is 231 Å². The highest BCUT2D eigenvalue weighted by Gasteiger charge is 2.31. The number of carbonyl (C=O) groups is 2. The van der Waals surface area contributed by atoms with Crippen molar-refractivity contribution >= 4 is 63.7 Å². The number of H-pyrrole nitrogens is 1. The number of aryl methyl sites for hydroxylation is 2. The summed E-state index contributed by atoms with van der Waals surface area (Å²) < 4.78 is 1.18. The molecule has 37 heavy (non-hydrogen) atoms. The molecule has 2 N–H and O–H groups in total. The van der Waals surface area contributed by atoms with Crippen molar-refractivity contribution in [3.8, 4) is 11.4 Å². The molecule has 2 heterocycles. The van der Waals surface area contributed by atoms with Gasteiger partial charge >= 0.3 is 0 Å². The van der Waals surface area contributed by atoms with Crippen molar-refractivity contribution in [2.75, 3.05) is 0 Å². The SMILES string of the molecule is CCc1ccc(C(=O)c2[nH]c(Cl)c(Cl)c2-n2c(C(=O)c3ccc(CC)cc3N=O)cc(Cl)c2Cl)c(O)c1. The topological polar surface area (TPSA) is 105 Å². The predicted octanol–water partition coefficient (Wildman–Crippen LogP) is 8.11. The Balaban J connectivity index is 1.92. The number of nitrogens with zero attached hydrogens (tertiary/aromatic N) is 2. The van der Waals surface area contributed by atoms with Gasteiger partial charge in [0.2, 0.25) is 11.6 Å². The molecule has 0 aliphatic carbocycles. The summed E-state index contributed by atoms with van der Waals surface area (Å²) in [6.45, 7) is 3.82. The molecule has 7 nitrogen and oxygen atoms in total. The lowest BCUT2D eigenvalue weighted by atomic mass is 10.0. The number of aromatic amines is 1. The summed E-state index contributed by atoms with van der Waals surface area (Å²) in [4.78, 5) is 41.4. The Morgan fingerprint density at radius 1 is 0.919 bits per heavy atom. The maximum atomic E-state index is 13.6. The Morgan fingerprint density at radius 3 is 2.14 bits per heavy atom. The number of aromatic hydroxyl groups is 1. The smallest absolute Gasteiger partial charge is 0.215 e. The Morgan fingerprint density at radius 2 is 1.54 bits per heavy atom. The molecule has 0 saturated carbocycles. The van der Waals surface area contributed by atoms with Crippen LogP contribution in [0.15, 0.2) is 47.6 Å². The number of aromatic nitrogens is 2. The van der Waals surface area contributed by atoms with Crippen LogP contribution in [0.1, 0.15) is 57.1 Å². The summed E-state index contributed by atoms with van der Waals surface area (Å²) in [5, 5.41) is 13.2. The van der Waals surface area contributed by atoms with E-state index in [2.05, 4.69) is 10.2 Å². The molecule has 2 aromatic carbocycles. The zero-order chi connectivity index (χ0) is 27.0. The minimum atomic E-state index is -0.647. The van der Waals surface area contributed by atoms with Gasteiger partial charge in [-0.15, -0.1) is 4.91 Å². The molecule has 190 valence electrons. The normalized spacial score (nSPS) is 11.1. The molecular formula is C26H19Cl4N3O4. The van der Waals surface area contributed by atoms with E-state index in [0.717, 1.165) is 11.1 Å². The van der Waals surface area contributed by atoms with Crippen molar-refractivity contribution in [2.45, 2.75) is 26.7 Å². The van der Waals surface area contributed by atoms with Gasteiger partial charge in [-0.1, -0.05) is 72.4 Å². The van der Waals surface area contributed by atoms with Crippen LogP contribution >= 0.6 is 46.4 Å². The van der Waals surface area contributed by atoms with Gasteiger partial charge in [-0.25, -0.2) is 0 Å². The molecule has 0 bridgehead atoms. The number of hydrogen-bond acceptors (Lipinski definition) is 5. The molecule has 0 amide bonds. The number of nitrogens with one attached hydrogen (secondary N) is 1. The standard InChI is InChI=1S/C26H19Cl4N3O4/c1-3-12-5-7-14(17(9-12)32-37)23(35)18-11-16(27)26(30)33(18)22-20(28)25(29)31-21(22)24(36)15-8-6-13(4-2)10-19(15)34/h5-11,31,34H,3-4H2,1-2H3. The maximum absolute atomic E-state index is 13.6. The number of ketones is 2. The quantitative estimate of drug-likeness (QED) is 0.163. The zero-order valence-electron chi connectivity index (χ0n) is 19.5. The molecule has 0 aliphatic heterocycles. The summed E-state index contributed by atoms with van der Waals surface area (Å²) in [7, 11) is 0. The number of hydrogen-bond donors (Lipinski definition) is 2. The Kier molecular flexibility index (Phi) is 7.80. The number of phenolic OH excluding ortho intramolecular Hbond substituents is 1. The molecule has 0 unspecified atom stereocenters. The van der Waals surface area contributed by atoms with Crippen LogP contribution in [0.2, 0.25) is 20.4 Å². The summed E-state index contributed by atoms with van der Waals surface area (Å²) >= 11 is 25.5. The third kappa shape index (κ3) is 4.80. The highest BCUT2D eigenvalue weighted by molar-refractivity contribution is 6.45. The first kappa shape index (κ1) is 26.9. The van der Waals surface area contributed by atoms with Gasteiger partial charge in [0, 0.05) is 0 Å². The van der Waals surface area contributed by atoms with Gasteiger partial charge in [-0.2, -0.15) is 0 Å². The zero-order valence-corrected chi connectivity index (χ0v) is 22.6. The fourth-order valence-corrected chi connectivity index (χ4v) is 4.81. The first-order valence-electron chi connectivity index (χ1n) is 11.1. The molecule has 0 spiro atoms. The molecule has 2 aromatic heterocycles. The molecule has 4 aromatic rings. The fraction of sp³-hybridized carbons (Fsp3) is 0.154. The van der Waals surface area contributed by atoms with Crippen molar-refractivity contribution in [3.63, 3.8) is 0 Å². The van der Waals surface area contributed by atoms with Gasteiger partial charge in [0.1, 0.15) is 32.5 Å². The summed E-state index contributed by atoms with van der Waals surface area (Å²) in [6, 6.07) is 10.7. The summed E-state index contributed by atoms with van der Waals surface area (Å²) in [5.41, 5.74) is 1.34. The highest BCUT2D eigenvalue weighted by Crippen LogP contribution is 2.40. The van der Waals surface area contributed by atoms with E-state index in [0.29, 0.717) is 12.8 Å². The van der Waals surface area contributed by atoms with Crippen LogP contribution in [-0.4, -0.2) is 26.2 Å². The number of rotatable bonds is 8. The van der Waals surface area contributed by atoms with Crippen LogP contribution in [0, 0.1) is 4.91 Å². The third-order valence-electron chi connectivity index (χ3n) is 5.98. The average molecular weight is 579 g/mol. The van der Waals surface area contributed by atoms with Crippen LogP contribution in [0.3, 0.4) is 0 Å². The number of benzene rings is 2. The predicted molar refractivity (Wildman–Crippen MR) is 146 cm³/mol. The van der Waals surface area contributed by atoms with E-state index < -0.39 is 11.6 Å². The van der Waals surface area contributed by atoms with Crippen LogP contribution in [0.25, 0.3) is 5.69 Å². The Hall–Kier alpha value is -3.10. The lowest BCUT2D eigenvalue weighted by Crippen LogP contribution is -2.13. The van der Waals surface area contributed by atoms with Crippen LogP contribution in [0.4, 0.5) is 5.69 Å². The lowest BCUT2D eigenvalue weighted by Gasteiger charge is -2.13. The third-order valence-corrected chi connectivity index (χ3v) is 7.49. The number of phenols is 1. The number of carbonyl (C=O) groups excluding carboxylic acids is 2. The van der Waals surface area contributed by atoms with E-state index in [-0.39, 0.29) is 60.0 Å². The van der Waals surface area contributed by atoms with Gasteiger partial charge in [-0.3, -0.25) is 14.2 Å². The maximum Gasteiger partial charge on any atom is 0.215 e. The molecule has 11 heteroatoms. The van der Waals surface area contributed by atoms with Crippen LogP contribution in [-0.2, 0) is 12.8 Å². The minimum absolute atomic E-state index is 0.00209. The van der Waals surface area contributed by atoms with E-state index in [4.69, 9.17) is 46.4 Å². The van der Waals surface area contributed by atoms with Gasteiger partial charge < -0.3 is 10.1 Å². The van der Waals surface area contributed by atoms with Gasteiger partial charge in [0.15, 0.2) is 0 Å². The molecule has 0 atom stereocenters. The van der Waals surface area contributed by atoms with Crippen LogP contribution < -0.4 is 0 Å². The van der Waals surface area contributed by atoms with Crippen molar-refractivity contribution in [2.24, 2.45) is 5.18 Å². The lowest BCUT2D eigenvalue weighted by molar-refractivity contribution is 0.102. The first-order valence-corrected chi connectivity index (χ1v) is 12.7. The van der Waals surface area contributed by atoms with E-state index in [1.54, 1.807) is 12.1 Å². The second-order valence-corrected chi connectivity index (χ2v) is 9.66. The first-order chi connectivity index (χ1) is 17.6. The molecule has 0 radical (unpaired) electrons.